The summed E-state index contributed by atoms with van der Waals surface area (Å²) in [7, 11) is 1.67. The van der Waals surface area contributed by atoms with E-state index in [-0.39, 0.29) is 11.2 Å². The van der Waals surface area contributed by atoms with Gasteiger partial charge in [0.2, 0.25) is 5.91 Å². The molecule has 2 aromatic rings. The molecule has 0 bridgehead atoms. The van der Waals surface area contributed by atoms with Crippen molar-refractivity contribution in [2.75, 3.05) is 12.4 Å². The zero-order valence-corrected chi connectivity index (χ0v) is 20.7. The quantitative estimate of drug-likeness (QED) is 0.481. The van der Waals surface area contributed by atoms with E-state index >= 15 is 0 Å². The molecule has 33 heavy (non-hydrogen) atoms. The van der Waals surface area contributed by atoms with Gasteiger partial charge in [0, 0.05) is 23.8 Å². The molecule has 1 amide bonds. The first kappa shape index (κ1) is 23.9. The Hall–Kier alpha value is -2.22. The van der Waals surface area contributed by atoms with Crippen molar-refractivity contribution in [3.63, 3.8) is 0 Å². The Bertz CT molecular complexity index is 906. The molecule has 8 heteroatoms. The molecule has 1 heterocycles. The van der Waals surface area contributed by atoms with Gasteiger partial charge in [-0.05, 0) is 44.7 Å². The highest BCUT2D eigenvalue weighted by Gasteiger charge is 2.27. The Kier molecular flexibility index (Phi) is 8.53. The van der Waals surface area contributed by atoms with Crippen molar-refractivity contribution < 1.29 is 9.53 Å². The van der Waals surface area contributed by atoms with Crippen LogP contribution >= 0.6 is 11.8 Å². The van der Waals surface area contributed by atoms with E-state index in [9.17, 15) is 4.79 Å². The maximum Gasteiger partial charge on any atom is 0.233 e. The van der Waals surface area contributed by atoms with Crippen LogP contribution in [0.15, 0.2) is 29.4 Å². The number of aromatic nitrogens is 3. The lowest BCUT2D eigenvalue weighted by Crippen LogP contribution is -2.40. The minimum absolute atomic E-state index is 0.112. The highest BCUT2D eigenvalue weighted by molar-refractivity contribution is 8.00. The summed E-state index contributed by atoms with van der Waals surface area (Å²) < 4.78 is 7.63. The van der Waals surface area contributed by atoms with Crippen molar-refractivity contribution in [2.45, 2.75) is 100 Å². The van der Waals surface area contributed by atoms with E-state index in [1.54, 1.807) is 7.11 Å². The summed E-state index contributed by atoms with van der Waals surface area (Å²) in [6, 6.07) is 8.64. The second kappa shape index (κ2) is 11.8. The number of nitrogens with one attached hydrogen (secondary N) is 2. The van der Waals surface area contributed by atoms with Gasteiger partial charge in [0.25, 0.3) is 0 Å². The predicted molar refractivity (Wildman–Crippen MR) is 133 cm³/mol. The van der Waals surface area contributed by atoms with Gasteiger partial charge < -0.3 is 19.9 Å². The molecule has 2 N–H and O–H groups in total. The summed E-state index contributed by atoms with van der Waals surface area (Å²) in [6.07, 6.45) is 11.9. The lowest BCUT2D eigenvalue weighted by atomic mass is 9.95. The van der Waals surface area contributed by atoms with Gasteiger partial charge in [-0.3, -0.25) is 4.79 Å². The van der Waals surface area contributed by atoms with Crippen molar-refractivity contribution in [3.05, 3.63) is 30.1 Å². The summed E-state index contributed by atoms with van der Waals surface area (Å²) in [5, 5.41) is 16.5. The Balaban J connectivity index is 1.46. The maximum atomic E-state index is 12.9. The topological polar surface area (TPSA) is 81.1 Å². The highest BCUT2D eigenvalue weighted by atomic mass is 32.2. The van der Waals surface area contributed by atoms with Crippen molar-refractivity contribution in [2.24, 2.45) is 0 Å². The van der Waals surface area contributed by atoms with Gasteiger partial charge in [-0.1, -0.05) is 56.4 Å². The largest absolute Gasteiger partial charge is 0.497 e. The zero-order chi connectivity index (χ0) is 23.0. The molecular formula is C25H37N5O2S. The number of hydrogen-bond donors (Lipinski definition) is 2. The Labute approximate surface area is 201 Å². The highest BCUT2D eigenvalue weighted by Crippen LogP contribution is 2.34. The first-order valence-electron chi connectivity index (χ1n) is 12.4. The average molecular weight is 472 g/mol. The lowest BCUT2D eigenvalue weighted by Gasteiger charge is -2.27. The van der Waals surface area contributed by atoms with Crippen LogP contribution in [0.25, 0.3) is 0 Å². The summed E-state index contributed by atoms with van der Waals surface area (Å²) in [4.78, 5) is 12.9. The third-order valence-corrected chi connectivity index (χ3v) is 7.86. The van der Waals surface area contributed by atoms with Gasteiger partial charge >= 0.3 is 0 Å². The van der Waals surface area contributed by atoms with Crippen LogP contribution in [-0.4, -0.2) is 39.1 Å². The number of amides is 1. The number of rotatable bonds is 9. The van der Waals surface area contributed by atoms with Crippen LogP contribution in [0.5, 0.6) is 5.75 Å². The molecule has 1 unspecified atom stereocenters. The molecule has 0 aliphatic heterocycles. The lowest BCUT2D eigenvalue weighted by molar-refractivity contribution is -0.121. The van der Waals surface area contributed by atoms with Crippen LogP contribution < -0.4 is 15.4 Å². The molecular weight excluding hydrogens is 434 g/mol. The number of ether oxygens (including phenoxy) is 1. The second-order valence-corrected chi connectivity index (χ2v) is 10.6. The molecule has 0 saturated heterocycles. The van der Waals surface area contributed by atoms with E-state index in [1.165, 1.54) is 50.3 Å². The van der Waals surface area contributed by atoms with Gasteiger partial charge in [-0.2, -0.15) is 0 Å². The molecule has 2 saturated carbocycles. The van der Waals surface area contributed by atoms with Gasteiger partial charge in [0.05, 0.1) is 18.9 Å². The van der Waals surface area contributed by atoms with Crippen molar-refractivity contribution in [1.29, 1.82) is 0 Å². The molecule has 2 aliphatic carbocycles. The smallest absolute Gasteiger partial charge is 0.233 e. The van der Waals surface area contributed by atoms with Crippen LogP contribution in [0.1, 0.15) is 83.0 Å². The predicted octanol–water partition coefficient (Wildman–Crippen LogP) is 5.33. The first-order chi connectivity index (χ1) is 16.1. The first-order valence-corrected chi connectivity index (χ1v) is 13.3. The molecule has 7 nitrogen and oxygen atoms in total. The number of carbonyl (C=O) groups is 1. The number of hydrogen-bond acceptors (Lipinski definition) is 6. The van der Waals surface area contributed by atoms with Crippen molar-refractivity contribution in [1.82, 2.24) is 20.1 Å². The molecule has 4 rings (SSSR count). The van der Waals surface area contributed by atoms with Gasteiger partial charge in [-0.15, -0.1) is 10.2 Å². The molecule has 2 aliphatic rings. The molecule has 0 radical (unpaired) electrons. The third-order valence-electron chi connectivity index (χ3n) is 6.80. The fraction of sp³-hybridized carbons (Fsp3) is 0.640. The van der Waals surface area contributed by atoms with E-state index in [4.69, 9.17) is 4.74 Å². The SMILES string of the molecule is COc1cccc(NCc2nnc(SC(C)C(=O)NC3CCCCC3)n2C2CCCCC2)c1. The number of nitrogens with zero attached hydrogens (tertiary/aromatic N) is 3. The average Bonchev–Trinajstić information content (AvgIpc) is 3.26. The number of benzene rings is 1. The van der Waals surface area contributed by atoms with E-state index in [1.807, 2.05) is 31.2 Å². The van der Waals surface area contributed by atoms with Gasteiger partial charge in [0.1, 0.15) is 5.75 Å². The number of carbonyl (C=O) groups excluding carboxylic acids is 1. The minimum Gasteiger partial charge on any atom is -0.497 e. The van der Waals surface area contributed by atoms with Gasteiger partial charge in [0.15, 0.2) is 11.0 Å². The number of methoxy groups -OCH3 is 1. The number of thioether (sulfide) groups is 1. The molecule has 180 valence electrons. The van der Waals surface area contributed by atoms with Crippen LogP contribution in [0, 0.1) is 0 Å². The minimum atomic E-state index is -0.197. The van der Waals surface area contributed by atoms with Gasteiger partial charge in [-0.25, -0.2) is 0 Å². The number of anilines is 1. The zero-order valence-electron chi connectivity index (χ0n) is 19.9. The van der Waals surface area contributed by atoms with Crippen LogP contribution in [0.4, 0.5) is 5.69 Å². The van der Waals surface area contributed by atoms with Crippen molar-refractivity contribution in [3.8, 4) is 5.75 Å². The molecule has 0 spiro atoms. The monoisotopic (exact) mass is 471 g/mol. The molecule has 1 atom stereocenters. The Morgan fingerprint density at radius 2 is 1.85 bits per heavy atom. The summed E-state index contributed by atoms with van der Waals surface area (Å²) in [5.74, 6) is 1.86. The molecule has 1 aromatic heterocycles. The molecule has 1 aromatic carbocycles. The van der Waals surface area contributed by atoms with Crippen LogP contribution in [-0.2, 0) is 11.3 Å². The fourth-order valence-corrected chi connectivity index (χ4v) is 5.85. The van der Waals surface area contributed by atoms with E-state index < -0.39 is 0 Å². The summed E-state index contributed by atoms with van der Waals surface area (Å²) >= 11 is 1.54. The second-order valence-electron chi connectivity index (χ2n) is 9.25. The summed E-state index contributed by atoms with van der Waals surface area (Å²) in [6.45, 7) is 2.57. The van der Waals surface area contributed by atoms with Crippen LogP contribution in [0.3, 0.4) is 0 Å². The summed E-state index contributed by atoms with van der Waals surface area (Å²) in [5.41, 5.74) is 0.988. The Morgan fingerprint density at radius 3 is 2.58 bits per heavy atom. The van der Waals surface area contributed by atoms with Crippen LogP contribution in [0.2, 0.25) is 0 Å². The Morgan fingerprint density at radius 1 is 1.12 bits per heavy atom. The van der Waals surface area contributed by atoms with E-state index in [0.29, 0.717) is 18.6 Å². The standard InChI is InChI=1S/C25H37N5O2S/c1-18(24(31)27-19-10-5-3-6-11-19)33-25-29-28-23(30(25)21-13-7-4-8-14-21)17-26-20-12-9-15-22(16-20)32-2/h9,12,15-16,18-19,21,26H,3-8,10-11,13-14,17H2,1-2H3,(H,27,31). The normalized spacial score (nSPS) is 18.6. The van der Waals surface area contributed by atoms with E-state index in [2.05, 4.69) is 25.4 Å². The molecule has 2 fully saturated rings. The maximum absolute atomic E-state index is 12.9. The third kappa shape index (κ3) is 6.43. The van der Waals surface area contributed by atoms with E-state index in [0.717, 1.165) is 48.1 Å². The van der Waals surface area contributed by atoms with Crippen molar-refractivity contribution >= 4 is 23.4 Å². The fourth-order valence-electron chi connectivity index (χ4n) is 4.91.